The third kappa shape index (κ3) is 8.58. The predicted octanol–water partition coefficient (Wildman–Crippen LogP) is 4.31. The molecule has 1 atom stereocenters. The van der Waals surface area contributed by atoms with E-state index in [0.29, 0.717) is 29.9 Å². The number of nitrogens with one attached hydrogen (secondary N) is 2. The topological polar surface area (TPSA) is 95.4 Å². The molecule has 3 fully saturated rings. The Morgan fingerprint density at radius 1 is 1.00 bits per heavy atom. The zero-order valence-corrected chi connectivity index (χ0v) is 26.8. The molecule has 0 radical (unpaired) electrons. The van der Waals surface area contributed by atoms with E-state index >= 15 is 0 Å². The zero-order valence-electron chi connectivity index (χ0n) is 26.0. The molecular formula is C33H50ClN7O2. The molecule has 1 aromatic heterocycles. The van der Waals surface area contributed by atoms with E-state index in [1.807, 2.05) is 35.3 Å². The minimum absolute atomic E-state index is 0.101. The number of hydrogen-bond donors (Lipinski definition) is 2. The van der Waals surface area contributed by atoms with E-state index in [4.69, 9.17) is 11.6 Å². The summed E-state index contributed by atoms with van der Waals surface area (Å²) in [7, 11) is 3.58. The molecule has 2 N–H and O–H groups in total. The average molecular weight is 612 g/mol. The van der Waals surface area contributed by atoms with Crippen LogP contribution >= 0.6 is 11.6 Å². The van der Waals surface area contributed by atoms with E-state index in [0.717, 1.165) is 63.7 Å². The number of carbonyl (C=O) groups is 2. The van der Waals surface area contributed by atoms with Crippen LogP contribution in [0.15, 0.2) is 36.9 Å². The predicted molar refractivity (Wildman–Crippen MR) is 170 cm³/mol. The number of carbonyl (C=O) groups excluding carboxylic acids is 2. The summed E-state index contributed by atoms with van der Waals surface area (Å²) in [6.07, 6.45) is 16.6. The van der Waals surface area contributed by atoms with Crippen LogP contribution in [0, 0.1) is 11.3 Å². The Hall–Kier alpha value is -2.49. The highest BCUT2D eigenvalue weighted by atomic mass is 35.5. The lowest BCUT2D eigenvalue weighted by atomic mass is 9.63. The Morgan fingerprint density at radius 2 is 1.67 bits per heavy atom. The normalized spacial score (nSPS) is 23.6. The van der Waals surface area contributed by atoms with E-state index in [-0.39, 0.29) is 29.3 Å². The number of amides is 2. The Balaban J connectivity index is 1.22. The van der Waals surface area contributed by atoms with Crippen molar-refractivity contribution in [1.29, 1.82) is 0 Å². The van der Waals surface area contributed by atoms with Crippen LogP contribution in [0.25, 0.3) is 0 Å². The van der Waals surface area contributed by atoms with Crippen LogP contribution in [0.5, 0.6) is 0 Å². The number of likely N-dealkylation sites (tertiary alicyclic amines) is 1. The largest absolute Gasteiger partial charge is 0.348 e. The maximum absolute atomic E-state index is 14.2. The van der Waals surface area contributed by atoms with Gasteiger partial charge in [-0.1, -0.05) is 43.0 Å². The van der Waals surface area contributed by atoms with E-state index in [1.165, 1.54) is 32.1 Å². The van der Waals surface area contributed by atoms with Gasteiger partial charge in [0, 0.05) is 50.8 Å². The highest BCUT2D eigenvalue weighted by molar-refractivity contribution is 6.30. The van der Waals surface area contributed by atoms with Gasteiger partial charge in [-0.2, -0.15) is 5.10 Å². The van der Waals surface area contributed by atoms with Crippen molar-refractivity contribution in [2.24, 2.45) is 11.3 Å². The first-order chi connectivity index (χ1) is 20.8. The lowest BCUT2D eigenvalue weighted by molar-refractivity contribution is -0.137. The molecule has 236 valence electrons. The van der Waals surface area contributed by atoms with Gasteiger partial charge < -0.3 is 20.4 Å². The Kier molecular flexibility index (Phi) is 11.1. The van der Waals surface area contributed by atoms with Crippen molar-refractivity contribution in [2.45, 2.75) is 102 Å². The fourth-order valence-electron chi connectivity index (χ4n) is 7.65. The van der Waals surface area contributed by atoms with Gasteiger partial charge >= 0.3 is 0 Å². The summed E-state index contributed by atoms with van der Waals surface area (Å²) in [5.74, 6) is 0.997. The van der Waals surface area contributed by atoms with Gasteiger partial charge in [0.25, 0.3) is 0 Å². The summed E-state index contributed by atoms with van der Waals surface area (Å²) in [5, 5.41) is 12.4. The van der Waals surface area contributed by atoms with Crippen molar-refractivity contribution >= 4 is 23.4 Å². The van der Waals surface area contributed by atoms with Gasteiger partial charge in [0.1, 0.15) is 12.7 Å². The van der Waals surface area contributed by atoms with Gasteiger partial charge in [-0.15, -0.1) is 0 Å². The van der Waals surface area contributed by atoms with Crippen molar-refractivity contribution in [3.63, 3.8) is 0 Å². The van der Waals surface area contributed by atoms with Gasteiger partial charge in [-0.05, 0) is 86.8 Å². The van der Waals surface area contributed by atoms with E-state index in [2.05, 4.69) is 25.6 Å². The average Bonchev–Trinajstić information content (AvgIpc) is 3.54. The molecule has 3 aliphatic rings. The lowest BCUT2D eigenvalue weighted by Gasteiger charge is -2.48. The molecule has 5 rings (SSSR count). The number of hydrogen-bond acceptors (Lipinski definition) is 6. The fraction of sp³-hybridized carbons (Fsp3) is 0.697. The van der Waals surface area contributed by atoms with Crippen molar-refractivity contribution in [2.75, 3.05) is 33.7 Å². The fourth-order valence-corrected chi connectivity index (χ4v) is 7.78. The second-order valence-corrected chi connectivity index (χ2v) is 13.8. The first kappa shape index (κ1) is 31.9. The quantitative estimate of drug-likeness (QED) is 0.393. The summed E-state index contributed by atoms with van der Waals surface area (Å²) in [6.45, 7) is 2.85. The maximum atomic E-state index is 14.2. The first-order valence-corrected chi connectivity index (χ1v) is 16.7. The van der Waals surface area contributed by atoms with E-state index in [1.54, 1.807) is 25.3 Å². The van der Waals surface area contributed by atoms with Crippen LogP contribution in [-0.2, 0) is 22.6 Å². The molecule has 0 unspecified atom stereocenters. The summed E-state index contributed by atoms with van der Waals surface area (Å²) >= 11 is 6.18. The van der Waals surface area contributed by atoms with E-state index < -0.39 is 0 Å². The number of likely N-dealkylation sites (N-methyl/N-ethyl adjacent to an activating group) is 1. The lowest BCUT2D eigenvalue weighted by Crippen LogP contribution is -2.56. The van der Waals surface area contributed by atoms with Crippen LogP contribution in [0.4, 0.5) is 0 Å². The standard InChI is InChI=1S/C33H50ClN7O2/c1-39(2)31(42)21-36-28-12-14-29(15-13-28)38-30(20-25-8-10-27(34)11-9-25)32(43)40-18-16-33(17-19-40,22-41-24-35-23-37-41)26-6-4-3-5-7-26/h8-11,23-24,26,28-30,36,38H,3-7,12-22H2,1-2H3/t28-,29-,30-/m1/s1. The molecule has 1 aliphatic heterocycles. The van der Waals surface area contributed by atoms with Crippen LogP contribution in [0.1, 0.15) is 76.2 Å². The molecule has 2 amide bonds. The number of halogens is 1. The molecule has 2 aromatic rings. The summed E-state index contributed by atoms with van der Waals surface area (Å²) in [5.41, 5.74) is 1.29. The molecule has 10 heteroatoms. The van der Waals surface area contributed by atoms with Gasteiger partial charge in [0.2, 0.25) is 11.8 Å². The van der Waals surface area contributed by atoms with Crippen molar-refractivity contribution in [1.82, 2.24) is 35.2 Å². The summed E-state index contributed by atoms with van der Waals surface area (Å²) in [6, 6.07) is 8.24. The van der Waals surface area contributed by atoms with Gasteiger partial charge in [0.15, 0.2) is 0 Å². The summed E-state index contributed by atoms with van der Waals surface area (Å²) < 4.78 is 2.01. The van der Waals surface area contributed by atoms with Gasteiger partial charge in [0.05, 0.1) is 12.6 Å². The number of nitrogens with zero attached hydrogens (tertiary/aromatic N) is 5. The second-order valence-electron chi connectivity index (χ2n) is 13.4. The Morgan fingerprint density at radius 3 is 2.30 bits per heavy atom. The zero-order chi connectivity index (χ0) is 30.2. The highest BCUT2D eigenvalue weighted by Gasteiger charge is 2.44. The van der Waals surface area contributed by atoms with E-state index in [9.17, 15) is 9.59 Å². The molecule has 2 saturated carbocycles. The third-order valence-electron chi connectivity index (χ3n) is 10.3. The molecule has 43 heavy (non-hydrogen) atoms. The number of rotatable bonds is 11. The smallest absolute Gasteiger partial charge is 0.240 e. The SMILES string of the molecule is CN(C)C(=O)CN[C@H]1CC[C@H](N[C@H](Cc2ccc(Cl)cc2)C(=O)N2CCC(Cn3cncn3)(C3CCCCC3)CC2)CC1. The van der Waals surface area contributed by atoms with Crippen LogP contribution < -0.4 is 10.6 Å². The highest BCUT2D eigenvalue weighted by Crippen LogP contribution is 2.47. The van der Waals surface area contributed by atoms with Crippen LogP contribution in [-0.4, -0.2) is 88.2 Å². The minimum Gasteiger partial charge on any atom is -0.348 e. The van der Waals surface area contributed by atoms with Gasteiger partial charge in [-0.25, -0.2) is 4.98 Å². The molecule has 2 aliphatic carbocycles. The van der Waals surface area contributed by atoms with Crippen LogP contribution in [0.3, 0.4) is 0 Å². The van der Waals surface area contributed by atoms with Crippen molar-refractivity contribution < 1.29 is 9.59 Å². The number of aromatic nitrogens is 3. The molecule has 9 nitrogen and oxygen atoms in total. The van der Waals surface area contributed by atoms with Crippen molar-refractivity contribution in [3.8, 4) is 0 Å². The number of piperidine rings is 1. The minimum atomic E-state index is -0.275. The third-order valence-corrected chi connectivity index (χ3v) is 10.6. The molecule has 2 heterocycles. The monoisotopic (exact) mass is 611 g/mol. The summed E-state index contributed by atoms with van der Waals surface area (Å²) in [4.78, 5) is 34.2. The first-order valence-electron chi connectivity index (χ1n) is 16.4. The Labute approximate surface area is 262 Å². The molecule has 1 saturated heterocycles. The van der Waals surface area contributed by atoms with Crippen LogP contribution in [0.2, 0.25) is 5.02 Å². The molecule has 0 bridgehead atoms. The second kappa shape index (κ2) is 15.0. The molecule has 1 aromatic carbocycles. The number of benzene rings is 1. The van der Waals surface area contributed by atoms with Gasteiger partial charge in [-0.3, -0.25) is 14.3 Å². The molecule has 0 spiro atoms. The van der Waals surface area contributed by atoms with Crippen molar-refractivity contribution in [3.05, 3.63) is 47.5 Å². The Bertz CT molecular complexity index is 1150. The maximum Gasteiger partial charge on any atom is 0.240 e. The molecular weight excluding hydrogens is 562 g/mol.